The Balaban J connectivity index is 2.93. The molecule has 0 aliphatic heterocycles. The maximum Gasteiger partial charge on any atom is 0.251 e. The van der Waals surface area contributed by atoms with Gasteiger partial charge < -0.3 is 5.32 Å². The summed E-state index contributed by atoms with van der Waals surface area (Å²) < 4.78 is 36.0. The molecule has 2 nitrogen and oxygen atoms in total. The normalized spacial score (nSPS) is 17.5. The topological polar surface area (TPSA) is 29.1 Å². The van der Waals surface area contributed by atoms with Crippen molar-refractivity contribution >= 4 is 33.4 Å². The summed E-state index contributed by atoms with van der Waals surface area (Å²) in [6.07, 6.45) is 0. The van der Waals surface area contributed by atoms with Crippen molar-refractivity contribution in [3.63, 3.8) is 0 Å². The molecule has 1 amide bonds. The molecule has 1 aromatic carbocycles. The summed E-state index contributed by atoms with van der Waals surface area (Å²) in [4.78, 5) is 11.7. The van der Waals surface area contributed by atoms with E-state index in [1.54, 1.807) is 0 Å². The fraction of sp³-hybridized carbons (Fsp3) is 0.222. The van der Waals surface area contributed by atoms with Crippen LogP contribution in [-0.4, -0.2) is 12.4 Å². The highest BCUT2D eigenvalue weighted by atomic mass is 79.9. The Morgan fingerprint density at radius 1 is 1.85 bits per heavy atom. The van der Waals surface area contributed by atoms with Crippen LogP contribution in [0.25, 0.3) is 0 Å². The van der Waals surface area contributed by atoms with Gasteiger partial charge in [0, 0.05) is 23.4 Å². The lowest BCUT2D eigenvalue weighted by molar-refractivity contribution is 0.0956. The molecule has 0 radical (unpaired) electrons. The van der Waals surface area contributed by atoms with E-state index in [4.69, 9.17) is 18.5 Å². The van der Waals surface area contributed by atoms with Crippen LogP contribution >= 0.6 is 27.5 Å². The first kappa shape index (κ1) is 5.37. The maximum absolute atomic E-state index is 11.7. The van der Waals surface area contributed by atoms with Crippen LogP contribution in [0.3, 0.4) is 0 Å². The van der Waals surface area contributed by atoms with Gasteiger partial charge in [-0.05, 0) is 41.0 Å². The summed E-state index contributed by atoms with van der Waals surface area (Å²) in [7, 11) is 0. The monoisotopic (exact) mass is 266 g/mol. The maximum atomic E-state index is 11.7. The molecule has 0 unspecified atom stereocenters. The fourth-order valence-electron chi connectivity index (χ4n) is 0.766. The van der Waals surface area contributed by atoms with E-state index in [2.05, 4.69) is 15.9 Å². The minimum Gasteiger partial charge on any atom is -0.352 e. The molecule has 13 heavy (non-hydrogen) atoms. The van der Waals surface area contributed by atoms with E-state index >= 15 is 0 Å². The lowest BCUT2D eigenvalue weighted by Gasteiger charge is -2.02. The molecule has 1 N–H and O–H groups in total. The molecule has 70 valence electrons. The first-order chi connectivity index (χ1) is 8.04. The number of amides is 1. The van der Waals surface area contributed by atoms with Gasteiger partial charge in [-0.25, -0.2) is 0 Å². The van der Waals surface area contributed by atoms with Crippen LogP contribution in [0.2, 0.25) is 5.02 Å². The van der Waals surface area contributed by atoms with Crippen LogP contribution in [0.1, 0.15) is 24.1 Å². The van der Waals surface area contributed by atoms with Gasteiger partial charge in [-0.2, -0.15) is 0 Å². The number of rotatable bonds is 2. The Hall–Kier alpha value is -0.540. The molecule has 4 heteroatoms. The Labute approximate surface area is 97.4 Å². The highest BCUT2D eigenvalue weighted by Crippen LogP contribution is 2.22. The van der Waals surface area contributed by atoms with Crippen molar-refractivity contribution in [3.8, 4) is 0 Å². The summed E-state index contributed by atoms with van der Waals surface area (Å²) in [5.41, 5.74) is 0.111. The van der Waals surface area contributed by atoms with Gasteiger partial charge in [0.05, 0.1) is 5.02 Å². The summed E-state index contributed by atoms with van der Waals surface area (Å²) in [6.45, 7) is -5.73. The van der Waals surface area contributed by atoms with Crippen molar-refractivity contribution in [2.24, 2.45) is 0 Å². The van der Waals surface area contributed by atoms with E-state index in [1.807, 2.05) is 5.32 Å². The first-order valence-corrected chi connectivity index (χ1v) is 4.49. The van der Waals surface area contributed by atoms with Gasteiger partial charge in [-0.1, -0.05) is 11.6 Å². The average Bonchev–Trinajstić information content (AvgIpc) is 2.19. The lowest BCUT2D eigenvalue weighted by atomic mass is 10.2. The summed E-state index contributed by atoms with van der Waals surface area (Å²) >= 11 is 8.87. The minimum atomic E-state index is -2.94. The number of carbonyl (C=O) groups excluding carboxylic acids is 1. The summed E-state index contributed by atoms with van der Waals surface area (Å²) in [5.74, 6) is -0.825. The minimum absolute atomic E-state index is 0.111. The number of nitrogens with one attached hydrogen (secondary N) is 1. The predicted molar refractivity (Wildman–Crippen MR) is 57.2 cm³/mol. The molecule has 0 atom stereocenters. The van der Waals surface area contributed by atoms with Crippen molar-refractivity contribution in [2.45, 2.75) is 6.85 Å². The molecule has 0 saturated heterocycles. The molecule has 0 aliphatic rings. The van der Waals surface area contributed by atoms with E-state index in [1.165, 1.54) is 18.2 Å². The van der Waals surface area contributed by atoms with E-state index in [0.29, 0.717) is 9.50 Å². The fourth-order valence-corrected chi connectivity index (χ4v) is 1.26. The molecule has 0 fully saturated rings. The zero-order chi connectivity index (χ0) is 14.1. The second kappa shape index (κ2) is 4.63. The lowest BCUT2D eigenvalue weighted by Crippen LogP contribution is -2.22. The Bertz CT molecular complexity index is 477. The van der Waals surface area contributed by atoms with E-state index in [-0.39, 0.29) is 5.56 Å². The molecule has 1 aromatic rings. The predicted octanol–water partition coefficient (Wildman–Crippen LogP) is 2.85. The quantitative estimate of drug-likeness (QED) is 0.877. The van der Waals surface area contributed by atoms with Gasteiger partial charge in [0.25, 0.3) is 5.91 Å². The average molecular weight is 268 g/mol. The van der Waals surface area contributed by atoms with Gasteiger partial charge in [0.15, 0.2) is 0 Å². The number of hydrogen-bond acceptors (Lipinski definition) is 1. The SMILES string of the molecule is [2H]C([2H])([2H])C([2H])([2H])NC(=O)c1ccc(Cl)c(Br)c1. The molecule has 0 aromatic heterocycles. The molecular weight excluding hydrogens is 253 g/mol. The van der Waals surface area contributed by atoms with E-state index in [9.17, 15) is 4.79 Å². The second-order valence-electron chi connectivity index (χ2n) is 2.21. The Kier molecular flexibility index (Phi) is 1.91. The van der Waals surface area contributed by atoms with Crippen molar-refractivity contribution < 1.29 is 11.6 Å². The van der Waals surface area contributed by atoms with Crippen LogP contribution in [0.15, 0.2) is 22.7 Å². The summed E-state index contributed by atoms with van der Waals surface area (Å²) in [6, 6.07) is 4.21. The van der Waals surface area contributed by atoms with Gasteiger partial charge in [0.1, 0.15) is 0 Å². The molecule has 0 spiro atoms. The Morgan fingerprint density at radius 3 is 3.23 bits per heavy atom. The first-order valence-electron chi connectivity index (χ1n) is 5.82. The van der Waals surface area contributed by atoms with Crippen molar-refractivity contribution in [1.82, 2.24) is 5.32 Å². The third-order valence-corrected chi connectivity index (χ3v) is 2.57. The van der Waals surface area contributed by atoms with Crippen LogP contribution in [-0.2, 0) is 0 Å². The standard InChI is InChI=1S/C9H9BrClNO/c1-2-12-9(13)6-3-4-8(11)7(10)5-6/h3-5H,2H2,1H3,(H,12,13)/i1D3,2D2. The molecule has 1 rings (SSSR count). The van der Waals surface area contributed by atoms with Crippen molar-refractivity contribution in [1.29, 1.82) is 0 Å². The third-order valence-electron chi connectivity index (χ3n) is 1.36. The van der Waals surface area contributed by atoms with Crippen molar-refractivity contribution in [2.75, 3.05) is 6.50 Å². The van der Waals surface area contributed by atoms with Crippen LogP contribution in [0.4, 0.5) is 0 Å². The highest BCUT2D eigenvalue weighted by molar-refractivity contribution is 9.10. The van der Waals surface area contributed by atoms with Crippen LogP contribution in [0, 0.1) is 0 Å². The van der Waals surface area contributed by atoms with Crippen LogP contribution < -0.4 is 5.32 Å². The van der Waals surface area contributed by atoms with E-state index < -0.39 is 19.3 Å². The molecule has 0 heterocycles. The number of hydrogen-bond donors (Lipinski definition) is 1. The zero-order valence-electron chi connectivity index (χ0n) is 11.4. The molecule has 0 aliphatic carbocycles. The molecule has 0 saturated carbocycles. The third kappa shape index (κ3) is 2.71. The van der Waals surface area contributed by atoms with Gasteiger partial charge >= 0.3 is 0 Å². The summed E-state index contributed by atoms with van der Waals surface area (Å²) in [5, 5.41) is 2.22. The largest absolute Gasteiger partial charge is 0.352 e. The van der Waals surface area contributed by atoms with Crippen molar-refractivity contribution in [3.05, 3.63) is 33.3 Å². The van der Waals surface area contributed by atoms with Crippen LogP contribution in [0.5, 0.6) is 0 Å². The molecule has 0 bridgehead atoms. The van der Waals surface area contributed by atoms with Gasteiger partial charge in [0.2, 0.25) is 0 Å². The second-order valence-corrected chi connectivity index (χ2v) is 3.47. The van der Waals surface area contributed by atoms with Gasteiger partial charge in [-0.15, -0.1) is 0 Å². The highest BCUT2D eigenvalue weighted by Gasteiger charge is 2.05. The zero-order valence-corrected chi connectivity index (χ0v) is 8.74. The molecular formula is C9H9BrClNO. The Morgan fingerprint density at radius 2 is 2.62 bits per heavy atom. The number of benzene rings is 1. The van der Waals surface area contributed by atoms with E-state index in [0.717, 1.165) is 0 Å². The number of halogens is 2. The smallest absolute Gasteiger partial charge is 0.251 e. The number of carbonyl (C=O) groups is 1. The van der Waals surface area contributed by atoms with Gasteiger partial charge in [-0.3, -0.25) is 4.79 Å².